The number of aromatic nitrogens is 1. The Morgan fingerprint density at radius 1 is 0.897 bits per heavy atom. The van der Waals surface area contributed by atoms with Crippen LogP contribution in [-0.2, 0) is 16.1 Å². The summed E-state index contributed by atoms with van der Waals surface area (Å²) in [6.07, 6.45) is 3.52. The van der Waals surface area contributed by atoms with E-state index in [-0.39, 0.29) is 17.6 Å². The van der Waals surface area contributed by atoms with Crippen molar-refractivity contribution in [3.63, 3.8) is 0 Å². The SMILES string of the molecule is CCN(CC)Cc1cc2nccc(Oc3ccc(NC(=O)CCCCC(=O)Nc4ccc(F)cc4)cc3)c2s1. The third-order valence-electron chi connectivity index (χ3n) is 6.25. The van der Waals surface area contributed by atoms with Crippen LogP contribution in [0.2, 0.25) is 0 Å². The number of benzene rings is 2. The molecule has 2 heterocycles. The molecule has 0 radical (unpaired) electrons. The monoisotopic (exact) mass is 548 g/mol. The number of pyridine rings is 1. The molecule has 2 amide bonds. The number of rotatable bonds is 13. The number of carbonyl (C=O) groups is 2. The summed E-state index contributed by atoms with van der Waals surface area (Å²) in [4.78, 5) is 32.5. The Morgan fingerprint density at radius 3 is 2.08 bits per heavy atom. The van der Waals surface area contributed by atoms with Crippen molar-refractivity contribution in [3.05, 3.63) is 77.6 Å². The Labute approximate surface area is 232 Å². The predicted molar refractivity (Wildman–Crippen MR) is 155 cm³/mol. The van der Waals surface area contributed by atoms with Gasteiger partial charge in [-0.3, -0.25) is 19.5 Å². The molecule has 2 N–H and O–H groups in total. The summed E-state index contributed by atoms with van der Waals surface area (Å²) < 4.78 is 20.1. The van der Waals surface area contributed by atoms with Crippen LogP contribution in [0, 0.1) is 5.82 Å². The first-order chi connectivity index (χ1) is 18.9. The zero-order valence-corrected chi connectivity index (χ0v) is 23.0. The van der Waals surface area contributed by atoms with Crippen molar-refractivity contribution >= 4 is 44.7 Å². The smallest absolute Gasteiger partial charge is 0.224 e. The molecule has 4 rings (SSSR count). The highest BCUT2D eigenvalue weighted by Crippen LogP contribution is 2.35. The van der Waals surface area contributed by atoms with Gasteiger partial charge in [0.2, 0.25) is 11.8 Å². The molecule has 0 aliphatic rings. The fourth-order valence-corrected chi connectivity index (χ4v) is 5.18. The van der Waals surface area contributed by atoms with E-state index in [2.05, 4.69) is 40.4 Å². The number of anilines is 2. The van der Waals surface area contributed by atoms with Gasteiger partial charge in [-0.05, 0) is 80.5 Å². The predicted octanol–water partition coefficient (Wildman–Crippen LogP) is 7.21. The number of hydrogen-bond acceptors (Lipinski definition) is 6. The summed E-state index contributed by atoms with van der Waals surface area (Å²) >= 11 is 1.70. The molecule has 0 atom stereocenters. The minimum atomic E-state index is -0.352. The number of hydrogen-bond donors (Lipinski definition) is 2. The second kappa shape index (κ2) is 13.8. The van der Waals surface area contributed by atoms with Gasteiger partial charge in [-0.1, -0.05) is 13.8 Å². The van der Waals surface area contributed by atoms with Gasteiger partial charge in [0.25, 0.3) is 0 Å². The molecule has 0 fully saturated rings. The highest BCUT2D eigenvalue weighted by atomic mass is 32.1. The molecule has 0 unspecified atom stereocenters. The van der Waals surface area contributed by atoms with Gasteiger partial charge in [0, 0.05) is 47.9 Å². The number of thiophene rings is 1. The Bertz CT molecular complexity index is 1390. The summed E-state index contributed by atoms with van der Waals surface area (Å²) in [5.74, 6) is 0.807. The fraction of sp³-hybridized carbons (Fsp3) is 0.300. The van der Waals surface area contributed by atoms with Crippen LogP contribution in [0.25, 0.3) is 10.2 Å². The van der Waals surface area contributed by atoms with Gasteiger partial charge >= 0.3 is 0 Å². The van der Waals surface area contributed by atoms with E-state index in [4.69, 9.17) is 4.74 Å². The largest absolute Gasteiger partial charge is 0.456 e. The lowest BCUT2D eigenvalue weighted by atomic mass is 10.1. The van der Waals surface area contributed by atoms with Crippen LogP contribution in [0.15, 0.2) is 66.9 Å². The average molecular weight is 549 g/mol. The third-order valence-corrected chi connectivity index (χ3v) is 7.38. The van der Waals surface area contributed by atoms with Crippen molar-refractivity contribution in [2.45, 2.75) is 46.1 Å². The molecule has 0 aliphatic carbocycles. The number of nitrogens with zero attached hydrogens (tertiary/aromatic N) is 2. The number of nitrogens with one attached hydrogen (secondary N) is 2. The maximum absolute atomic E-state index is 13.0. The van der Waals surface area contributed by atoms with Gasteiger partial charge in [0.15, 0.2) is 0 Å². The molecular weight excluding hydrogens is 515 g/mol. The van der Waals surface area contributed by atoms with Crippen LogP contribution < -0.4 is 15.4 Å². The maximum Gasteiger partial charge on any atom is 0.224 e. The van der Waals surface area contributed by atoms with Crippen LogP contribution in [0.1, 0.15) is 44.4 Å². The van der Waals surface area contributed by atoms with Gasteiger partial charge in [0.05, 0.1) is 10.2 Å². The molecular formula is C30H33FN4O3S. The van der Waals surface area contributed by atoms with E-state index in [1.165, 1.54) is 29.1 Å². The molecule has 39 heavy (non-hydrogen) atoms. The van der Waals surface area contributed by atoms with Crippen LogP contribution >= 0.6 is 11.3 Å². The van der Waals surface area contributed by atoms with E-state index < -0.39 is 0 Å². The van der Waals surface area contributed by atoms with Crippen LogP contribution in [0.3, 0.4) is 0 Å². The lowest BCUT2D eigenvalue weighted by Crippen LogP contribution is -2.21. The number of fused-ring (bicyclic) bond motifs is 1. The number of unbranched alkanes of at least 4 members (excludes halogenated alkanes) is 1. The van der Waals surface area contributed by atoms with Gasteiger partial charge < -0.3 is 15.4 Å². The first-order valence-electron chi connectivity index (χ1n) is 13.2. The van der Waals surface area contributed by atoms with Crippen molar-refractivity contribution in [1.82, 2.24) is 9.88 Å². The standard InChI is InChI=1S/C30H33FN4O3S/c1-3-35(4-2)20-25-19-26-30(39-25)27(17-18-32-26)38-24-15-13-23(14-16-24)34-29(37)8-6-5-7-28(36)33-22-11-9-21(31)10-12-22/h9-19H,3-8,20H2,1-2H3,(H,33,36)(H,34,37). The number of halogens is 1. The molecule has 0 saturated heterocycles. The zero-order chi connectivity index (χ0) is 27.6. The first kappa shape index (κ1) is 28.2. The Morgan fingerprint density at radius 2 is 1.49 bits per heavy atom. The zero-order valence-electron chi connectivity index (χ0n) is 22.2. The molecule has 204 valence electrons. The van der Waals surface area contributed by atoms with Gasteiger partial charge in [0.1, 0.15) is 17.3 Å². The van der Waals surface area contributed by atoms with Crippen molar-refractivity contribution in [2.75, 3.05) is 23.7 Å². The number of carbonyl (C=O) groups excluding carboxylic acids is 2. The minimum Gasteiger partial charge on any atom is -0.456 e. The van der Waals surface area contributed by atoms with E-state index in [9.17, 15) is 14.0 Å². The molecule has 0 bridgehead atoms. The Hall–Kier alpha value is -3.82. The quantitative estimate of drug-likeness (QED) is 0.173. The lowest BCUT2D eigenvalue weighted by Gasteiger charge is -2.16. The molecule has 7 nitrogen and oxygen atoms in total. The van der Waals surface area contributed by atoms with E-state index in [1.54, 1.807) is 17.5 Å². The third kappa shape index (κ3) is 8.33. The normalized spacial score (nSPS) is 11.1. The second-order valence-corrected chi connectivity index (χ2v) is 10.3. The lowest BCUT2D eigenvalue weighted by molar-refractivity contribution is -0.118. The summed E-state index contributed by atoms with van der Waals surface area (Å²) in [6, 6.07) is 16.9. The van der Waals surface area contributed by atoms with Gasteiger partial charge in [-0.25, -0.2) is 4.39 Å². The molecule has 0 saturated carbocycles. The molecule has 4 aromatic rings. The van der Waals surface area contributed by atoms with Gasteiger partial charge in [-0.2, -0.15) is 0 Å². The van der Waals surface area contributed by atoms with E-state index in [1.807, 2.05) is 30.3 Å². The van der Waals surface area contributed by atoms with Crippen LogP contribution in [0.4, 0.5) is 15.8 Å². The topological polar surface area (TPSA) is 83.6 Å². The van der Waals surface area contributed by atoms with Crippen LogP contribution in [-0.4, -0.2) is 34.8 Å². The minimum absolute atomic E-state index is 0.113. The van der Waals surface area contributed by atoms with Crippen molar-refractivity contribution < 1.29 is 18.7 Å². The fourth-order valence-electron chi connectivity index (χ4n) is 4.07. The number of amides is 2. The van der Waals surface area contributed by atoms with Crippen LogP contribution in [0.5, 0.6) is 11.5 Å². The molecule has 2 aromatic carbocycles. The summed E-state index contributed by atoms with van der Waals surface area (Å²) in [5.41, 5.74) is 2.16. The first-order valence-corrected chi connectivity index (χ1v) is 14.0. The average Bonchev–Trinajstić information content (AvgIpc) is 3.36. The highest BCUT2D eigenvalue weighted by molar-refractivity contribution is 7.19. The maximum atomic E-state index is 13.0. The summed E-state index contributed by atoms with van der Waals surface area (Å²) in [6.45, 7) is 7.22. The summed E-state index contributed by atoms with van der Waals surface area (Å²) in [5, 5.41) is 5.61. The molecule has 0 aliphatic heterocycles. The Kier molecular flexibility index (Phi) is 9.99. The van der Waals surface area contributed by atoms with E-state index in [0.717, 1.165) is 35.6 Å². The van der Waals surface area contributed by atoms with E-state index in [0.29, 0.717) is 42.8 Å². The molecule has 0 spiro atoms. The molecule has 2 aromatic heterocycles. The van der Waals surface area contributed by atoms with E-state index >= 15 is 0 Å². The van der Waals surface area contributed by atoms with Crippen molar-refractivity contribution in [3.8, 4) is 11.5 Å². The Balaban J connectivity index is 1.23. The van der Waals surface area contributed by atoms with Crippen molar-refractivity contribution in [2.24, 2.45) is 0 Å². The van der Waals surface area contributed by atoms with Crippen molar-refractivity contribution in [1.29, 1.82) is 0 Å². The summed E-state index contributed by atoms with van der Waals surface area (Å²) in [7, 11) is 0. The second-order valence-electron chi connectivity index (χ2n) is 9.13. The van der Waals surface area contributed by atoms with Gasteiger partial charge in [-0.15, -0.1) is 11.3 Å². The highest BCUT2D eigenvalue weighted by Gasteiger charge is 2.12. The number of ether oxygens (including phenoxy) is 1. The molecule has 9 heteroatoms.